The molecule has 0 spiro atoms. The van der Waals surface area contributed by atoms with Gasteiger partial charge in [-0.2, -0.15) is 0 Å². The Morgan fingerprint density at radius 3 is 2.60 bits per heavy atom. The number of oxime groups is 1. The number of nitrogens with zero attached hydrogens (tertiary/aromatic N) is 7. The van der Waals surface area contributed by atoms with Crippen molar-refractivity contribution in [2.24, 2.45) is 12.2 Å². The van der Waals surface area contributed by atoms with Gasteiger partial charge >= 0.3 is 0 Å². The lowest BCUT2D eigenvalue weighted by Crippen LogP contribution is -2.12. The van der Waals surface area contributed by atoms with Crippen LogP contribution in [0.4, 0.5) is 4.39 Å². The zero-order valence-corrected chi connectivity index (χ0v) is 18.4. The van der Waals surface area contributed by atoms with Crippen molar-refractivity contribution >= 4 is 5.71 Å². The van der Waals surface area contributed by atoms with Crippen molar-refractivity contribution in [1.29, 1.82) is 0 Å². The molecular weight excluding hydrogens is 453 g/mol. The summed E-state index contributed by atoms with van der Waals surface area (Å²) >= 11 is 0. The van der Waals surface area contributed by atoms with E-state index in [9.17, 15) is 4.39 Å². The van der Waals surface area contributed by atoms with Gasteiger partial charge in [0.05, 0.1) is 5.56 Å². The van der Waals surface area contributed by atoms with Gasteiger partial charge in [-0.3, -0.25) is 0 Å². The third-order valence-corrected chi connectivity index (χ3v) is 4.83. The molecule has 0 amide bonds. The van der Waals surface area contributed by atoms with E-state index in [2.05, 4.69) is 30.9 Å². The van der Waals surface area contributed by atoms with E-state index in [1.807, 2.05) is 30.3 Å². The van der Waals surface area contributed by atoms with Gasteiger partial charge in [0, 0.05) is 18.7 Å². The molecule has 35 heavy (non-hydrogen) atoms. The van der Waals surface area contributed by atoms with Gasteiger partial charge in [0.1, 0.15) is 17.3 Å². The van der Waals surface area contributed by atoms with Crippen LogP contribution in [0.3, 0.4) is 0 Å². The summed E-state index contributed by atoms with van der Waals surface area (Å²) < 4.78 is 26.6. The maximum Gasteiger partial charge on any atom is 0.257 e. The second-order valence-corrected chi connectivity index (χ2v) is 7.26. The van der Waals surface area contributed by atoms with Crippen LogP contribution in [0.5, 0.6) is 11.5 Å². The number of halogens is 1. The molecule has 0 saturated carbocycles. The first kappa shape index (κ1) is 21.9. The van der Waals surface area contributed by atoms with Gasteiger partial charge in [-0.15, -0.1) is 15.3 Å². The van der Waals surface area contributed by atoms with E-state index in [1.54, 1.807) is 43.4 Å². The van der Waals surface area contributed by atoms with Crippen molar-refractivity contribution in [2.45, 2.75) is 6.61 Å². The highest BCUT2D eigenvalue weighted by molar-refractivity contribution is 6.10. The highest BCUT2D eigenvalue weighted by Crippen LogP contribution is 2.32. The topological polar surface area (TPSA) is 113 Å². The number of rotatable bonds is 8. The van der Waals surface area contributed by atoms with Crippen LogP contribution >= 0.6 is 0 Å². The number of tetrazole rings is 1. The van der Waals surface area contributed by atoms with Gasteiger partial charge in [0.15, 0.2) is 12.3 Å². The fraction of sp³-hybridized carbons (Fsp3) is 0.0833. The van der Waals surface area contributed by atoms with Crippen LogP contribution in [-0.2, 0) is 18.5 Å². The number of aromatic nitrogens is 6. The SMILES string of the molecule is Cn1nnnc1/C(=N\OCc1nnc(-c2ccccc2Oc2cccc(F)c2)o1)c1ccccc1. The molecule has 0 N–H and O–H groups in total. The second-order valence-electron chi connectivity index (χ2n) is 7.26. The molecule has 0 aliphatic rings. The number of hydrogen-bond donors (Lipinski definition) is 0. The molecule has 2 aromatic heterocycles. The van der Waals surface area contributed by atoms with Crippen LogP contribution in [0.25, 0.3) is 11.5 Å². The van der Waals surface area contributed by atoms with Crippen LogP contribution in [0.2, 0.25) is 0 Å². The predicted molar refractivity (Wildman–Crippen MR) is 122 cm³/mol. The first-order chi connectivity index (χ1) is 17.2. The summed E-state index contributed by atoms with van der Waals surface area (Å²) in [7, 11) is 1.71. The smallest absolute Gasteiger partial charge is 0.257 e. The Hall–Kier alpha value is -4.93. The first-order valence-electron chi connectivity index (χ1n) is 10.5. The molecule has 5 aromatic rings. The minimum Gasteiger partial charge on any atom is -0.456 e. The summed E-state index contributed by atoms with van der Waals surface area (Å²) in [5, 5.41) is 23.9. The molecule has 0 fully saturated rings. The minimum absolute atomic E-state index is 0.0818. The van der Waals surface area contributed by atoms with E-state index in [0.29, 0.717) is 28.6 Å². The van der Waals surface area contributed by atoms with E-state index in [-0.39, 0.29) is 18.4 Å². The fourth-order valence-electron chi connectivity index (χ4n) is 3.21. The molecule has 10 nitrogen and oxygen atoms in total. The molecule has 0 saturated heterocycles. The molecule has 2 heterocycles. The van der Waals surface area contributed by atoms with Crippen molar-refractivity contribution in [1.82, 2.24) is 30.4 Å². The lowest BCUT2D eigenvalue weighted by atomic mass is 10.1. The summed E-state index contributed by atoms with van der Waals surface area (Å²) in [5.74, 6) is 1.25. The largest absolute Gasteiger partial charge is 0.456 e. The zero-order valence-electron chi connectivity index (χ0n) is 18.4. The average Bonchev–Trinajstić information content (AvgIpc) is 3.52. The highest BCUT2D eigenvalue weighted by Gasteiger charge is 2.17. The number of benzene rings is 3. The maximum atomic E-state index is 13.5. The van der Waals surface area contributed by atoms with E-state index in [0.717, 1.165) is 5.56 Å². The van der Waals surface area contributed by atoms with Crippen molar-refractivity contribution < 1.29 is 18.4 Å². The fourth-order valence-corrected chi connectivity index (χ4v) is 3.21. The number of para-hydroxylation sites is 1. The van der Waals surface area contributed by atoms with Crippen molar-refractivity contribution in [3.05, 3.63) is 102 Å². The van der Waals surface area contributed by atoms with E-state index < -0.39 is 5.82 Å². The molecule has 0 aliphatic carbocycles. The van der Waals surface area contributed by atoms with Crippen LogP contribution in [0.1, 0.15) is 17.3 Å². The van der Waals surface area contributed by atoms with Gasteiger partial charge < -0.3 is 14.0 Å². The van der Waals surface area contributed by atoms with E-state index in [4.69, 9.17) is 14.0 Å². The molecule has 3 aromatic carbocycles. The first-order valence-corrected chi connectivity index (χ1v) is 10.5. The lowest BCUT2D eigenvalue weighted by molar-refractivity contribution is 0.111. The Bertz CT molecular complexity index is 1470. The van der Waals surface area contributed by atoms with Gasteiger partial charge in [0.25, 0.3) is 11.8 Å². The van der Waals surface area contributed by atoms with Gasteiger partial charge in [0.2, 0.25) is 5.82 Å². The molecule has 11 heteroatoms. The van der Waals surface area contributed by atoms with Crippen LogP contribution in [-0.4, -0.2) is 36.1 Å². The summed E-state index contributed by atoms with van der Waals surface area (Å²) in [4.78, 5) is 5.51. The molecule has 0 bridgehead atoms. The van der Waals surface area contributed by atoms with E-state index >= 15 is 0 Å². The van der Waals surface area contributed by atoms with Crippen molar-refractivity contribution in [2.75, 3.05) is 0 Å². The second kappa shape index (κ2) is 9.91. The third-order valence-electron chi connectivity index (χ3n) is 4.83. The summed E-state index contributed by atoms with van der Waals surface area (Å²) in [6.45, 7) is -0.0818. The molecule has 5 rings (SSSR count). The van der Waals surface area contributed by atoms with Gasteiger partial charge in [-0.25, -0.2) is 9.07 Å². The van der Waals surface area contributed by atoms with Gasteiger partial charge in [-0.1, -0.05) is 53.7 Å². The van der Waals surface area contributed by atoms with Crippen molar-refractivity contribution in [3.63, 3.8) is 0 Å². The molecular formula is C24H18FN7O3. The standard InChI is InChI=1S/C24H18FN7O3/c1-32-23(27-30-31-32)22(16-8-3-2-4-9-16)29-33-15-21-26-28-24(35-21)19-12-5-6-13-20(19)34-18-11-7-10-17(25)14-18/h2-14H,15H2,1H3/b29-22-. The Morgan fingerprint density at radius 1 is 0.971 bits per heavy atom. The quantitative estimate of drug-likeness (QED) is 0.245. The number of aryl methyl sites for hydroxylation is 1. The van der Waals surface area contributed by atoms with Gasteiger partial charge in [-0.05, 0) is 34.7 Å². The van der Waals surface area contributed by atoms with Crippen LogP contribution in [0.15, 0.2) is 88.4 Å². The Labute approximate surface area is 198 Å². The van der Waals surface area contributed by atoms with E-state index in [1.165, 1.54) is 16.8 Å². The molecule has 0 atom stereocenters. The summed E-state index contributed by atoms with van der Waals surface area (Å²) in [6, 6.07) is 22.3. The maximum absolute atomic E-state index is 13.5. The summed E-state index contributed by atoms with van der Waals surface area (Å²) in [5.41, 5.74) is 1.78. The minimum atomic E-state index is -0.398. The van der Waals surface area contributed by atoms with Crippen LogP contribution in [0, 0.1) is 5.82 Å². The third kappa shape index (κ3) is 5.03. The Kier molecular flexibility index (Phi) is 6.20. The average molecular weight is 471 g/mol. The summed E-state index contributed by atoms with van der Waals surface area (Å²) in [6.07, 6.45) is 0. The monoisotopic (exact) mass is 471 g/mol. The molecule has 0 radical (unpaired) electrons. The number of ether oxygens (including phenoxy) is 1. The molecule has 174 valence electrons. The molecule has 0 aliphatic heterocycles. The number of hydrogen-bond acceptors (Lipinski definition) is 9. The van der Waals surface area contributed by atoms with Crippen LogP contribution < -0.4 is 4.74 Å². The Balaban J connectivity index is 1.34. The zero-order chi connectivity index (χ0) is 24.0. The normalized spacial score (nSPS) is 11.4. The molecule has 0 unspecified atom stereocenters. The Morgan fingerprint density at radius 2 is 1.80 bits per heavy atom. The highest BCUT2D eigenvalue weighted by atomic mass is 19.1. The predicted octanol–water partition coefficient (Wildman–Crippen LogP) is 4.16. The lowest BCUT2D eigenvalue weighted by Gasteiger charge is -2.08. The van der Waals surface area contributed by atoms with Crippen molar-refractivity contribution in [3.8, 4) is 23.0 Å².